The molecule has 1 atom stereocenters. The highest BCUT2D eigenvalue weighted by atomic mass is 32.2. The molecular formula is C12H16F2O5S. The van der Waals surface area contributed by atoms with E-state index in [1.807, 2.05) is 13.0 Å². The average Bonchev–Trinajstić information content (AvgIpc) is 2.42. The average molecular weight is 310 g/mol. The zero-order chi connectivity index (χ0) is 15.2. The third kappa shape index (κ3) is 5.20. The summed E-state index contributed by atoms with van der Waals surface area (Å²) in [6.45, 7) is 5.64. The minimum absolute atomic E-state index is 0.183. The van der Waals surface area contributed by atoms with Crippen LogP contribution < -0.4 is 0 Å². The quantitative estimate of drug-likeness (QED) is 0.255. The molecule has 0 aromatic rings. The van der Waals surface area contributed by atoms with Crippen molar-refractivity contribution < 1.29 is 32.9 Å². The van der Waals surface area contributed by atoms with Gasteiger partial charge in [0.2, 0.25) is 0 Å². The molecule has 0 saturated heterocycles. The van der Waals surface area contributed by atoms with E-state index >= 15 is 0 Å². The topological polar surface area (TPSA) is 65.0 Å². The first-order valence-corrected chi connectivity index (χ1v) is 6.65. The molecule has 5 nitrogen and oxygen atoms in total. The standard InChI is InChI=1S/C12H16F2O5S/c1-8(2)10-5-3-9(4-6-10)7-17-11(15)12(13,14)20-19-18-16/h3,10,16H,1,4-7H2,2H3. The van der Waals surface area contributed by atoms with Crippen LogP contribution in [-0.2, 0) is 18.9 Å². The van der Waals surface area contributed by atoms with E-state index in [4.69, 9.17) is 5.26 Å². The number of hydrogen-bond donors (Lipinski definition) is 1. The summed E-state index contributed by atoms with van der Waals surface area (Å²) in [6, 6.07) is 0. The number of allylic oxidation sites excluding steroid dienone is 2. The molecule has 0 aromatic heterocycles. The van der Waals surface area contributed by atoms with E-state index in [1.54, 1.807) is 0 Å². The predicted molar refractivity (Wildman–Crippen MR) is 68.5 cm³/mol. The zero-order valence-electron chi connectivity index (χ0n) is 10.9. The predicted octanol–water partition coefficient (Wildman–Crippen LogP) is 3.49. The molecule has 1 rings (SSSR count). The molecule has 114 valence electrons. The van der Waals surface area contributed by atoms with Crippen molar-refractivity contribution in [3.63, 3.8) is 0 Å². The van der Waals surface area contributed by atoms with Gasteiger partial charge >= 0.3 is 11.2 Å². The van der Waals surface area contributed by atoms with Gasteiger partial charge in [-0.15, -0.1) is 4.33 Å². The summed E-state index contributed by atoms with van der Waals surface area (Å²) in [4.78, 5) is 11.1. The van der Waals surface area contributed by atoms with E-state index in [1.165, 1.54) is 0 Å². The Bertz CT molecular complexity index is 397. The Labute approximate surface area is 119 Å². The lowest BCUT2D eigenvalue weighted by molar-refractivity contribution is -0.433. The first kappa shape index (κ1) is 17.1. The molecule has 0 aromatic carbocycles. The zero-order valence-corrected chi connectivity index (χ0v) is 11.8. The smallest absolute Gasteiger partial charge is 0.415 e. The molecule has 0 fully saturated rings. The van der Waals surface area contributed by atoms with Gasteiger partial charge in [0.1, 0.15) is 18.6 Å². The summed E-state index contributed by atoms with van der Waals surface area (Å²) >= 11 is -0.633. The van der Waals surface area contributed by atoms with Gasteiger partial charge in [-0.25, -0.2) is 10.1 Å². The second kappa shape index (κ2) is 7.72. The normalized spacial score (nSPS) is 19.4. The fraction of sp³-hybridized carbons (Fsp3) is 0.583. The highest BCUT2D eigenvalue weighted by molar-refractivity contribution is 7.96. The van der Waals surface area contributed by atoms with Gasteiger partial charge in [-0.2, -0.15) is 8.78 Å². The van der Waals surface area contributed by atoms with E-state index in [0.29, 0.717) is 12.3 Å². The maximum absolute atomic E-state index is 13.1. The van der Waals surface area contributed by atoms with Gasteiger partial charge in [0.25, 0.3) is 0 Å². The number of esters is 1. The van der Waals surface area contributed by atoms with Gasteiger partial charge in [0, 0.05) is 0 Å². The molecule has 0 bridgehead atoms. The monoisotopic (exact) mass is 310 g/mol. The van der Waals surface area contributed by atoms with Crippen LogP contribution in [0.4, 0.5) is 8.78 Å². The van der Waals surface area contributed by atoms with Gasteiger partial charge < -0.3 is 4.74 Å². The number of alkyl halides is 2. The summed E-state index contributed by atoms with van der Waals surface area (Å²) in [5.74, 6) is -1.36. The summed E-state index contributed by atoms with van der Waals surface area (Å²) in [5, 5.41) is 6.84. The van der Waals surface area contributed by atoms with E-state index in [-0.39, 0.29) is 6.61 Å². The third-order valence-electron chi connectivity index (χ3n) is 3.00. The molecule has 8 heteroatoms. The van der Waals surface area contributed by atoms with Crippen LogP contribution in [0.25, 0.3) is 0 Å². The van der Waals surface area contributed by atoms with Crippen molar-refractivity contribution in [2.45, 2.75) is 31.4 Å². The molecule has 20 heavy (non-hydrogen) atoms. The van der Waals surface area contributed by atoms with Gasteiger partial charge in [0.15, 0.2) is 0 Å². The minimum Gasteiger partial charge on any atom is -0.456 e. The van der Waals surface area contributed by atoms with Gasteiger partial charge in [-0.3, -0.25) is 0 Å². The largest absolute Gasteiger partial charge is 0.456 e. The van der Waals surface area contributed by atoms with Crippen LogP contribution in [0.5, 0.6) is 0 Å². The second-order valence-electron chi connectivity index (χ2n) is 4.50. The summed E-state index contributed by atoms with van der Waals surface area (Å²) in [5.41, 5.74) is 1.89. The fourth-order valence-corrected chi connectivity index (χ4v) is 2.04. The highest BCUT2D eigenvalue weighted by Gasteiger charge is 2.44. The van der Waals surface area contributed by atoms with E-state index in [2.05, 4.69) is 20.7 Å². The molecule has 0 spiro atoms. The van der Waals surface area contributed by atoms with Crippen LogP contribution in [0.1, 0.15) is 26.2 Å². The van der Waals surface area contributed by atoms with Crippen LogP contribution in [0.2, 0.25) is 0 Å². The van der Waals surface area contributed by atoms with Crippen LogP contribution in [0.15, 0.2) is 23.8 Å². The molecule has 0 aliphatic heterocycles. The summed E-state index contributed by atoms with van der Waals surface area (Å²) in [6.07, 6.45) is 4.20. The van der Waals surface area contributed by atoms with Crippen LogP contribution >= 0.6 is 12.0 Å². The molecule has 0 radical (unpaired) electrons. The molecule has 1 unspecified atom stereocenters. The Morgan fingerprint density at radius 3 is 2.85 bits per heavy atom. The summed E-state index contributed by atoms with van der Waals surface area (Å²) in [7, 11) is 0. The Kier molecular flexibility index (Phi) is 6.60. The van der Waals surface area contributed by atoms with E-state index in [0.717, 1.165) is 24.0 Å². The lowest BCUT2D eigenvalue weighted by Crippen LogP contribution is -2.28. The van der Waals surface area contributed by atoms with Gasteiger partial charge in [-0.1, -0.05) is 23.3 Å². The Morgan fingerprint density at radius 2 is 2.35 bits per heavy atom. The molecule has 1 N–H and O–H groups in total. The summed E-state index contributed by atoms with van der Waals surface area (Å²) < 4.78 is 34.2. The van der Waals surface area contributed by atoms with E-state index in [9.17, 15) is 13.6 Å². The number of ether oxygens (including phenoxy) is 1. The van der Waals surface area contributed by atoms with Crippen molar-refractivity contribution in [1.82, 2.24) is 0 Å². The van der Waals surface area contributed by atoms with Crippen LogP contribution in [-0.4, -0.2) is 23.1 Å². The highest BCUT2D eigenvalue weighted by Crippen LogP contribution is 2.32. The molecule has 1 aliphatic carbocycles. The third-order valence-corrected chi connectivity index (χ3v) is 3.50. The lowest BCUT2D eigenvalue weighted by atomic mass is 9.86. The van der Waals surface area contributed by atoms with Crippen molar-refractivity contribution in [2.75, 3.05) is 6.61 Å². The molecule has 0 saturated carbocycles. The number of rotatable bonds is 7. The SMILES string of the molecule is C=C(C)C1CC=C(COC(=O)C(F)(F)SOOO)CC1. The Balaban J connectivity index is 2.40. The maximum atomic E-state index is 13.1. The van der Waals surface area contributed by atoms with Crippen molar-refractivity contribution >= 4 is 18.0 Å². The van der Waals surface area contributed by atoms with E-state index < -0.39 is 23.3 Å². The van der Waals surface area contributed by atoms with Gasteiger partial charge in [0.05, 0.1) is 0 Å². The van der Waals surface area contributed by atoms with Crippen molar-refractivity contribution in [1.29, 1.82) is 0 Å². The van der Waals surface area contributed by atoms with Gasteiger partial charge in [-0.05, 0) is 37.7 Å². The van der Waals surface area contributed by atoms with Crippen molar-refractivity contribution in [3.8, 4) is 0 Å². The maximum Gasteiger partial charge on any atom is 0.415 e. The van der Waals surface area contributed by atoms with Crippen molar-refractivity contribution in [3.05, 3.63) is 23.8 Å². The minimum atomic E-state index is -3.95. The number of carbonyl (C=O) groups excluding carboxylic acids is 1. The van der Waals surface area contributed by atoms with Crippen molar-refractivity contribution in [2.24, 2.45) is 5.92 Å². The van der Waals surface area contributed by atoms with Crippen LogP contribution in [0, 0.1) is 5.92 Å². The van der Waals surface area contributed by atoms with Crippen LogP contribution in [0.3, 0.4) is 0 Å². The number of halogens is 2. The molecule has 0 amide bonds. The molecule has 1 aliphatic rings. The fourth-order valence-electron chi connectivity index (χ4n) is 1.80. The first-order valence-electron chi connectivity index (χ1n) is 5.91. The second-order valence-corrected chi connectivity index (χ2v) is 5.31. The lowest BCUT2D eigenvalue weighted by Gasteiger charge is -2.22. The Hall–Kier alpha value is -0.960. The molecule has 0 heterocycles. The Morgan fingerprint density at radius 1 is 1.65 bits per heavy atom. The molecular weight excluding hydrogens is 294 g/mol. The number of carbonyl (C=O) groups is 1. The number of hydrogen-bond acceptors (Lipinski definition) is 6. The first-order chi connectivity index (χ1) is 9.36.